The van der Waals surface area contributed by atoms with E-state index in [1.807, 2.05) is 12.1 Å². The first-order chi connectivity index (χ1) is 8.20. The fraction of sp³-hybridized carbons (Fsp3) is 0.571. The van der Waals surface area contributed by atoms with Crippen molar-refractivity contribution in [3.8, 4) is 0 Å². The Hall–Kier alpha value is -0.930. The molecule has 3 heteroatoms. The SMILES string of the molecule is CCCN1CCOC(c2ccc(F)c(C)c2)C1. The predicted molar refractivity (Wildman–Crippen MR) is 66.6 cm³/mol. The number of rotatable bonds is 3. The molecule has 2 nitrogen and oxygen atoms in total. The van der Waals surface area contributed by atoms with Gasteiger partial charge in [0.2, 0.25) is 0 Å². The van der Waals surface area contributed by atoms with Crippen LogP contribution in [0.1, 0.15) is 30.6 Å². The fourth-order valence-electron chi connectivity index (χ4n) is 2.29. The molecule has 0 aromatic heterocycles. The number of aryl methyl sites for hydroxylation is 1. The zero-order valence-electron chi connectivity index (χ0n) is 10.6. The van der Waals surface area contributed by atoms with Crippen molar-refractivity contribution >= 4 is 0 Å². The van der Waals surface area contributed by atoms with Gasteiger partial charge in [0.1, 0.15) is 5.82 Å². The first-order valence-corrected chi connectivity index (χ1v) is 6.30. The number of hydrogen-bond acceptors (Lipinski definition) is 2. The third-order valence-corrected chi connectivity index (χ3v) is 3.24. The lowest BCUT2D eigenvalue weighted by Gasteiger charge is -2.33. The minimum absolute atomic E-state index is 0.0922. The average Bonchev–Trinajstić information content (AvgIpc) is 2.33. The second-order valence-electron chi connectivity index (χ2n) is 4.67. The molecule has 94 valence electrons. The van der Waals surface area contributed by atoms with Gasteiger partial charge in [0.05, 0.1) is 12.7 Å². The van der Waals surface area contributed by atoms with Gasteiger partial charge in [0.15, 0.2) is 0 Å². The van der Waals surface area contributed by atoms with Crippen LogP contribution in [0, 0.1) is 12.7 Å². The van der Waals surface area contributed by atoms with Crippen molar-refractivity contribution < 1.29 is 9.13 Å². The van der Waals surface area contributed by atoms with Crippen LogP contribution < -0.4 is 0 Å². The molecule has 1 heterocycles. The molecular formula is C14H20FNO. The topological polar surface area (TPSA) is 12.5 Å². The van der Waals surface area contributed by atoms with Crippen LogP contribution in [0.25, 0.3) is 0 Å². The van der Waals surface area contributed by atoms with Gasteiger partial charge in [-0.1, -0.05) is 19.1 Å². The van der Waals surface area contributed by atoms with E-state index in [2.05, 4.69) is 11.8 Å². The molecule has 0 radical (unpaired) electrons. The van der Waals surface area contributed by atoms with E-state index in [4.69, 9.17) is 4.74 Å². The number of halogens is 1. The molecule has 1 aliphatic heterocycles. The van der Waals surface area contributed by atoms with Crippen molar-refractivity contribution in [2.45, 2.75) is 26.4 Å². The Bertz CT molecular complexity index is 378. The molecular weight excluding hydrogens is 217 g/mol. The number of nitrogens with zero attached hydrogens (tertiary/aromatic N) is 1. The summed E-state index contributed by atoms with van der Waals surface area (Å²) in [4.78, 5) is 2.41. The summed E-state index contributed by atoms with van der Waals surface area (Å²) in [6.07, 6.45) is 1.25. The molecule has 0 aliphatic carbocycles. The molecule has 0 amide bonds. The Balaban J connectivity index is 2.08. The smallest absolute Gasteiger partial charge is 0.126 e. The van der Waals surface area contributed by atoms with Crippen molar-refractivity contribution in [3.63, 3.8) is 0 Å². The molecule has 0 N–H and O–H groups in total. The van der Waals surface area contributed by atoms with E-state index in [0.29, 0.717) is 5.56 Å². The molecule has 1 saturated heterocycles. The van der Waals surface area contributed by atoms with Crippen LogP contribution in [0.2, 0.25) is 0 Å². The van der Waals surface area contributed by atoms with Gasteiger partial charge in [-0.15, -0.1) is 0 Å². The molecule has 0 spiro atoms. The lowest BCUT2D eigenvalue weighted by molar-refractivity contribution is -0.0299. The molecule has 17 heavy (non-hydrogen) atoms. The first-order valence-electron chi connectivity index (χ1n) is 6.30. The van der Waals surface area contributed by atoms with Crippen molar-refractivity contribution in [2.75, 3.05) is 26.2 Å². The number of hydrogen-bond donors (Lipinski definition) is 0. The first kappa shape index (κ1) is 12.5. The number of ether oxygens (including phenoxy) is 1. The monoisotopic (exact) mass is 237 g/mol. The third-order valence-electron chi connectivity index (χ3n) is 3.24. The average molecular weight is 237 g/mol. The number of benzene rings is 1. The summed E-state index contributed by atoms with van der Waals surface area (Å²) in [7, 11) is 0. The highest BCUT2D eigenvalue weighted by atomic mass is 19.1. The largest absolute Gasteiger partial charge is 0.371 e. The van der Waals surface area contributed by atoms with Crippen LogP contribution in [-0.4, -0.2) is 31.1 Å². The van der Waals surface area contributed by atoms with Gasteiger partial charge < -0.3 is 4.74 Å². The maximum atomic E-state index is 13.2. The fourth-order valence-corrected chi connectivity index (χ4v) is 2.29. The van der Waals surface area contributed by atoms with Crippen LogP contribution in [-0.2, 0) is 4.74 Å². The highest BCUT2D eigenvalue weighted by Crippen LogP contribution is 2.23. The predicted octanol–water partition coefficient (Wildman–Crippen LogP) is 2.92. The van der Waals surface area contributed by atoms with Crippen molar-refractivity contribution in [3.05, 3.63) is 35.1 Å². The second-order valence-corrected chi connectivity index (χ2v) is 4.67. The lowest BCUT2D eigenvalue weighted by Crippen LogP contribution is -2.38. The summed E-state index contributed by atoms with van der Waals surface area (Å²) in [6, 6.07) is 5.27. The van der Waals surface area contributed by atoms with Gasteiger partial charge in [-0.05, 0) is 37.1 Å². The van der Waals surface area contributed by atoms with Gasteiger partial charge in [-0.25, -0.2) is 4.39 Å². The van der Waals surface area contributed by atoms with E-state index in [0.717, 1.165) is 38.2 Å². The van der Waals surface area contributed by atoms with Gasteiger partial charge >= 0.3 is 0 Å². The van der Waals surface area contributed by atoms with Gasteiger partial charge in [-0.2, -0.15) is 0 Å². The van der Waals surface area contributed by atoms with E-state index < -0.39 is 0 Å². The molecule has 0 saturated carbocycles. The lowest BCUT2D eigenvalue weighted by atomic mass is 10.0. The van der Waals surface area contributed by atoms with Gasteiger partial charge in [0, 0.05) is 13.1 Å². The van der Waals surface area contributed by atoms with Crippen molar-refractivity contribution in [1.82, 2.24) is 4.90 Å². The maximum Gasteiger partial charge on any atom is 0.126 e. The van der Waals surface area contributed by atoms with E-state index >= 15 is 0 Å². The van der Waals surface area contributed by atoms with Crippen LogP contribution in [0.3, 0.4) is 0 Å². The van der Waals surface area contributed by atoms with Crippen molar-refractivity contribution in [2.24, 2.45) is 0 Å². The molecule has 1 atom stereocenters. The summed E-state index contributed by atoms with van der Waals surface area (Å²) in [5.74, 6) is -0.144. The summed E-state index contributed by atoms with van der Waals surface area (Å²) in [5.41, 5.74) is 1.78. The Morgan fingerprint density at radius 3 is 3.00 bits per heavy atom. The highest BCUT2D eigenvalue weighted by Gasteiger charge is 2.21. The van der Waals surface area contributed by atoms with Gasteiger partial charge in [0.25, 0.3) is 0 Å². The Morgan fingerprint density at radius 1 is 1.47 bits per heavy atom. The van der Waals surface area contributed by atoms with Crippen LogP contribution in [0.5, 0.6) is 0 Å². The van der Waals surface area contributed by atoms with E-state index in [-0.39, 0.29) is 11.9 Å². The van der Waals surface area contributed by atoms with Crippen LogP contribution in [0.4, 0.5) is 4.39 Å². The zero-order valence-corrected chi connectivity index (χ0v) is 10.6. The summed E-state index contributed by atoms with van der Waals surface area (Å²) >= 11 is 0. The van der Waals surface area contributed by atoms with E-state index in [9.17, 15) is 4.39 Å². The maximum absolute atomic E-state index is 13.2. The summed E-state index contributed by atoms with van der Waals surface area (Å²) < 4.78 is 19.0. The Kier molecular flexibility index (Phi) is 4.13. The van der Waals surface area contributed by atoms with Crippen LogP contribution >= 0.6 is 0 Å². The minimum Gasteiger partial charge on any atom is -0.371 e. The molecule has 1 fully saturated rings. The van der Waals surface area contributed by atoms with E-state index in [1.54, 1.807) is 6.92 Å². The molecule has 1 aromatic carbocycles. The summed E-state index contributed by atoms with van der Waals surface area (Å²) in [6.45, 7) is 7.78. The van der Waals surface area contributed by atoms with Crippen molar-refractivity contribution in [1.29, 1.82) is 0 Å². The third kappa shape index (κ3) is 3.05. The molecule has 1 aromatic rings. The normalized spacial score (nSPS) is 21.7. The highest BCUT2D eigenvalue weighted by molar-refractivity contribution is 5.26. The van der Waals surface area contributed by atoms with Gasteiger partial charge in [-0.3, -0.25) is 4.90 Å². The Morgan fingerprint density at radius 2 is 2.29 bits per heavy atom. The summed E-state index contributed by atoms with van der Waals surface area (Å²) in [5, 5.41) is 0. The van der Waals surface area contributed by atoms with Crippen LogP contribution in [0.15, 0.2) is 18.2 Å². The molecule has 0 bridgehead atoms. The second kappa shape index (κ2) is 5.61. The number of morpholine rings is 1. The van der Waals surface area contributed by atoms with E-state index in [1.165, 1.54) is 6.07 Å². The molecule has 1 aliphatic rings. The molecule has 1 unspecified atom stereocenters. The zero-order chi connectivity index (χ0) is 12.3. The molecule has 2 rings (SSSR count). The standard InChI is InChI=1S/C14H20FNO/c1-3-6-16-7-8-17-14(10-16)12-4-5-13(15)11(2)9-12/h4-5,9,14H,3,6-8,10H2,1-2H3. The minimum atomic E-state index is -0.144. The Labute approximate surface area is 102 Å². The quantitative estimate of drug-likeness (QED) is 0.801.